The summed E-state index contributed by atoms with van der Waals surface area (Å²) in [6.07, 6.45) is 6.22. The monoisotopic (exact) mass is 279 g/mol. The number of aliphatic imine (C=N–C) groups is 1. The summed E-state index contributed by atoms with van der Waals surface area (Å²) in [4.78, 5) is 6.61. The molecule has 1 saturated carbocycles. The lowest BCUT2D eigenvalue weighted by Crippen LogP contribution is -2.35. The van der Waals surface area contributed by atoms with Crippen LogP contribution in [0.25, 0.3) is 0 Å². The molecule has 0 spiro atoms. The van der Waals surface area contributed by atoms with Crippen LogP contribution < -0.4 is 5.73 Å². The zero-order valence-corrected chi connectivity index (χ0v) is 12.2. The highest BCUT2D eigenvalue weighted by Gasteiger charge is 2.14. The van der Waals surface area contributed by atoms with E-state index in [2.05, 4.69) is 4.99 Å². The summed E-state index contributed by atoms with van der Waals surface area (Å²) < 4.78 is 0. The van der Waals surface area contributed by atoms with Gasteiger partial charge in [0.2, 0.25) is 0 Å². The van der Waals surface area contributed by atoms with Crippen molar-refractivity contribution in [3.05, 3.63) is 34.9 Å². The third kappa shape index (κ3) is 4.13. The van der Waals surface area contributed by atoms with Crippen molar-refractivity contribution >= 4 is 17.6 Å². The van der Waals surface area contributed by atoms with Crippen molar-refractivity contribution in [3.63, 3.8) is 0 Å². The van der Waals surface area contributed by atoms with Gasteiger partial charge in [-0.25, -0.2) is 4.99 Å². The predicted molar refractivity (Wildman–Crippen MR) is 81.4 cm³/mol. The molecule has 1 aromatic carbocycles. The van der Waals surface area contributed by atoms with Gasteiger partial charge in [0.15, 0.2) is 5.96 Å². The van der Waals surface area contributed by atoms with E-state index in [-0.39, 0.29) is 0 Å². The normalized spacial score (nSPS) is 17.5. The first-order valence-electron chi connectivity index (χ1n) is 6.94. The van der Waals surface area contributed by atoms with Gasteiger partial charge in [-0.2, -0.15) is 0 Å². The number of nitrogens with two attached hydrogens (primary N) is 1. The molecule has 1 aromatic rings. The molecule has 4 heteroatoms. The first-order chi connectivity index (χ1) is 9.16. The smallest absolute Gasteiger partial charge is 0.191 e. The summed E-state index contributed by atoms with van der Waals surface area (Å²) in [6, 6.07) is 8.25. The summed E-state index contributed by atoms with van der Waals surface area (Å²) in [6.45, 7) is 0.696. The zero-order valence-electron chi connectivity index (χ0n) is 11.5. The van der Waals surface area contributed by atoms with Crippen molar-refractivity contribution in [1.82, 2.24) is 4.90 Å². The van der Waals surface area contributed by atoms with E-state index in [1.54, 1.807) is 0 Å². The van der Waals surface area contributed by atoms with Crippen molar-refractivity contribution < 1.29 is 0 Å². The van der Waals surface area contributed by atoms with Crippen LogP contribution in [0.4, 0.5) is 0 Å². The van der Waals surface area contributed by atoms with Gasteiger partial charge < -0.3 is 10.6 Å². The van der Waals surface area contributed by atoms with Gasteiger partial charge in [0.05, 0.1) is 6.04 Å². The van der Waals surface area contributed by atoms with Crippen molar-refractivity contribution in [3.8, 4) is 0 Å². The van der Waals surface area contributed by atoms with Crippen LogP contribution in [0.15, 0.2) is 29.3 Å². The van der Waals surface area contributed by atoms with Crippen LogP contribution in [0.3, 0.4) is 0 Å². The van der Waals surface area contributed by atoms with Gasteiger partial charge in [-0.1, -0.05) is 49.1 Å². The second-order valence-corrected chi connectivity index (χ2v) is 5.63. The molecular formula is C15H22ClN3. The molecule has 0 radical (unpaired) electrons. The molecule has 0 amide bonds. The number of hydrogen-bond donors (Lipinski definition) is 1. The fraction of sp³-hybridized carbons (Fsp3) is 0.533. The Labute approximate surface area is 120 Å². The van der Waals surface area contributed by atoms with Crippen molar-refractivity contribution in [2.75, 3.05) is 7.05 Å². The van der Waals surface area contributed by atoms with Gasteiger partial charge in [0.1, 0.15) is 0 Å². The minimum Gasteiger partial charge on any atom is -0.370 e. The number of benzene rings is 1. The second kappa shape index (κ2) is 6.80. The molecule has 3 nitrogen and oxygen atoms in total. The van der Waals surface area contributed by atoms with Gasteiger partial charge in [0.25, 0.3) is 0 Å². The Morgan fingerprint density at radius 2 is 2.00 bits per heavy atom. The number of nitrogens with zero attached hydrogens (tertiary/aromatic N) is 2. The molecule has 0 bridgehead atoms. The molecular weight excluding hydrogens is 258 g/mol. The van der Waals surface area contributed by atoms with Crippen molar-refractivity contribution in [2.24, 2.45) is 10.7 Å². The predicted octanol–water partition coefficient (Wildman–Crippen LogP) is 3.42. The Kier molecular flexibility index (Phi) is 5.08. The Morgan fingerprint density at radius 3 is 2.68 bits per heavy atom. The highest BCUT2D eigenvalue weighted by Crippen LogP contribution is 2.21. The highest BCUT2D eigenvalue weighted by molar-refractivity contribution is 6.31. The van der Waals surface area contributed by atoms with Gasteiger partial charge in [-0.15, -0.1) is 0 Å². The molecule has 0 unspecified atom stereocenters. The van der Waals surface area contributed by atoms with Crippen LogP contribution in [0, 0.1) is 0 Å². The average molecular weight is 280 g/mol. The van der Waals surface area contributed by atoms with Crippen LogP contribution in [0.2, 0.25) is 5.02 Å². The van der Waals surface area contributed by atoms with E-state index in [0.717, 1.165) is 10.6 Å². The number of guanidine groups is 1. The standard InChI is InChI=1S/C15H22ClN3/c1-19(11-12-7-5-6-10-14(12)16)15(17)18-13-8-3-2-4-9-13/h5-7,10,13H,2-4,8-9,11H2,1H3,(H2,17,18). The van der Waals surface area contributed by atoms with Gasteiger partial charge in [-0.05, 0) is 24.5 Å². The van der Waals surface area contributed by atoms with E-state index in [0.29, 0.717) is 18.5 Å². The van der Waals surface area contributed by atoms with Gasteiger partial charge >= 0.3 is 0 Å². The number of halogens is 1. The van der Waals surface area contributed by atoms with Gasteiger partial charge in [0, 0.05) is 18.6 Å². The SMILES string of the molecule is CN(Cc1ccccc1Cl)C(N)=NC1CCCCC1. The summed E-state index contributed by atoms with van der Waals surface area (Å²) >= 11 is 6.16. The maximum Gasteiger partial charge on any atom is 0.191 e. The minimum absolute atomic E-state index is 0.405. The lowest BCUT2D eigenvalue weighted by Gasteiger charge is -2.23. The highest BCUT2D eigenvalue weighted by atomic mass is 35.5. The van der Waals surface area contributed by atoms with E-state index in [1.807, 2.05) is 36.2 Å². The number of rotatable bonds is 3. The van der Waals surface area contributed by atoms with Crippen LogP contribution in [0.1, 0.15) is 37.7 Å². The third-order valence-electron chi connectivity index (χ3n) is 3.65. The first-order valence-corrected chi connectivity index (χ1v) is 7.32. The molecule has 2 N–H and O–H groups in total. The summed E-state index contributed by atoms with van der Waals surface area (Å²) in [5.41, 5.74) is 7.16. The zero-order chi connectivity index (χ0) is 13.7. The summed E-state index contributed by atoms with van der Waals surface area (Å²) in [5, 5.41) is 0.778. The molecule has 19 heavy (non-hydrogen) atoms. The maximum atomic E-state index is 6.16. The second-order valence-electron chi connectivity index (χ2n) is 5.23. The Morgan fingerprint density at radius 1 is 1.32 bits per heavy atom. The first kappa shape index (κ1) is 14.2. The van der Waals surface area contributed by atoms with E-state index in [1.165, 1.54) is 32.1 Å². The van der Waals surface area contributed by atoms with Crippen LogP contribution in [-0.2, 0) is 6.54 Å². The Balaban J connectivity index is 1.96. The largest absolute Gasteiger partial charge is 0.370 e. The molecule has 2 rings (SSSR count). The molecule has 1 aliphatic carbocycles. The molecule has 1 fully saturated rings. The van der Waals surface area contributed by atoms with E-state index >= 15 is 0 Å². The van der Waals surface area contributed by atoms with E-state index in [9.17, 15) is 0 Å². The van der Waals surface area contributed by atoms with E-state index < -0.39 is 0 Å². The van der Waals surface area contributed by atoms with Crippen LogP contribution in [0.5, 0.6) is 0 Å². The summed E-state index contributed by atoms with van der Waals surface area (Å²) in [5.74, 6) is 0.617. The average Bonchev–Trinajstić information content (AvgIpc) is 2.42. The topological polar surface area (TPSA) is 41.6 Å². The maximum absolute atomic E-state index is 6.16. The Hall–Kier alpha value is -1.22. The summed E-state index contributed by atoms with van der Waals surface area (Å²) in [7, 11) is 1.96. The minimum atomic E-state index is 0.405. The molecule has 0 aromatic heterocycles. The fourth-order valence-corrected chi connectivity index (χ4v) is 2.65. The van der Waals surface area contributed by atoms with Crippen molar-refractivity contribution in [2.45, 2.75) is 44.7 Å². The van der Waals surface area contributed by atoms with Crippen LogP contribution in [-0.4, -0.2) is 23.9 Å². The molecule has 0 heterocycles. The molecule has 0 aliphatic heterocycles. The van der Waals surface area contributed by atoms with Crippen LogP contribution >= 0.6 is 11.6 Å². The molecule has 104 valence electrons. The lowest BCUT2D eigenvalue weighted by molar-refractivity contribution is 0.428. The Bertz CT molecular complexity index is 439. The van der Waals surface area contributed by atoms with Crippen molar-refractivity contribution in [1.29, 1.82) is 0 Å². The quantitative estimate of drug-likeness (QED) is 0.680. The number of hydrogen-bond acceptors (Lipinski definition) is 1. The molecule has 1 aliphatic rings. The van der Waals surface area contributed by atoms with Gasteiger partial charge in [-0.3, -0.25) is 0 Å². The fourth-order valence-electron chi connectivity index (χ4n) is 2.46. The molecule has 0 saturated heterocycles. The molecule has 0 atom stereocenters. The third-order valence-corrected chi connectivity index (χ3v) is 4.01. The van der Waals surface area contributed by atoms with E-state index in [4.69, 9.17) is 17.3 Å². The lowest BCUT2D eigenvalue weighted by atomic mass is 9.96.